The Bertz CT molecular complexity index is 987. The maximum Gasteiger partial charge on any atom is 0.250 e. The second-order valence-corrected chi connectivity index (χ2v) is 6.37. The molecule has 2 aromatic carbocycles. The predicted molar refractivity (Wildman–Crippen MR) is 113 cm³/mol. The first-order valence-electron chi connectivity index (χ1n) is 8.62. The largest absolute Gasteiger partial charge is 0.322 e. The molecule has 142 valence electrons. The highest BCUT2D eigenvalue weighted by atomic mass is 16.2. The molecule has 28 heavy (non-hydrogen) atoms. The van der Waals surface area contributed by atoms with Crippen LogP contribution in [0.15, 0.2) is 78.9 Å². The van der Waals surface area contributed by atoms with Crippen LogP contribution in [0, 0.1) is 0 Å². The van der Waals surface area contributed by atoms with Crippen LogP contribution >= 0.6 is 0 Å². The summed E-state index contributed by atoms with van der Waals surface area (Å²) >= 11 is 0. The van der Waals surface area contributed by atoms with E-state index in [9.17, 15) is 14.4 Å². The highest BCUT2D eigenvalue weighted by Crippen LogP contribution is 2.15. The molecule has 0 unspecified atom stereocenters. The van der Waals surface area contributed by atoms with Crippen molar-refractivity contribution in [3.63, 3.8) is 0 Å². The number of ketones is 1. The minimum atomic E-state index is -0.297. The molecule has 2 amide bonds. The number of allylic oxidation sites excluding steroid dienone is 1. The van der Waals surface area contributed by atoms with Gasteiger partial charge in [0.1, 0.15) is 0 Å². The third-order valence-electron chi connectivity index (χ3n) is 3.75. The third-order valence-corrected chi connectivity index (χ3v) is 3.75. The van der Waals surface area contributed by atoms with Crippen molar-refractivity contribution in [3.8, 4) is 0 Å². The fraction of sp³-hybridized carbons (Fsp3) is 0.0870. The van der Waals surface area contributed by atoms with Crippen LogP contribution in [0.4, 0.5) is 11.4 Å². The van der Waals surface area contributed by atoms with Crippen molar-refractivity contribution in [2.24, 2.45) is 0 Å². The molecule has 2 rings (SSSR count). The van der Waals surface area contributed by atoms with Gasteiger partial charge in [0.15, 0.2) is 5.78 Å². The Morgan fingerprint density at radius 2 is 1.36 bits per heavy atom. The first kappa shape index (κ1) is 20.6. The summed E-state index contributed by atoms with van der Waals surface area (Å²) in [5.41, 5.74) is 3.15. The first-order chi connectivity index (χ1) is 13.3. The number of hydrogen-bond donors (Lipinski definition) is 2. The van der Waals surface area contributed by atoms with Gasteiger partial charge in [-0.3, -0.25) is 14.4 Å². The van der Waals surface area contributed by atoms with Crippen LogP contribution in [0.5, 0.6) is 0 Å². The van der Waals surface area contributed by atoms with Crippen molar-refractivity contribution in [1.29, 1.82) is 0 Å². The molecule has 0 aliphatic rings. The second-order valence-electron chi connectivity index (χ2n) is 6.37. The summed E-state index contributed by atoms with van der Waals surface area (Å²) in [7, 11) is 0. The number of nitrogens with one attached hydrogen (secondary N) is 2. The molecule has 5 heteroatoms. The zero-order valence-corrected chi connectivity index (χ0v) is 15.9. The molecule has 0 aromatic heterocycles. The summed E-state index contributed by atoms with van der Waals surface area (Å²) in [5, 5.41) is 5.41. The average molecular weight is 374 g/mol. The van der Waals surface area contributed by atoms with Crippen molar-refractivity contribution < 1.29 is 14.4 Å². The van der Waals surface area contributed by atoms with Gasteiger partial charge in [-0.1, -0.05) is 43.5 Å². The maximum atomic E-state index is 12.4. The summed E-state index contributed by atoms with van der Waals surface area (Å²) in [6.45, 7) is 10.4. The number of benzene rings is 2. The van der Waals surface area contributed by atoms with Gasteiger partial charge < -0.3 is 10.6 Å². The number of hydrogen-bond acceptors (Lipinski definition) is 3. The van der Waals surface area contributed by atoms with Gasteiger partial charge in [0.05, 0.1) is 0 Å². The van der Waals surface area contributed by atoms with E-state index in [0.29, 0.717) is 28.1 Å². The maximum absolute atomic E-state index is 12.4. The van der Waals surface area contributed by atoms with Crippen LogP contribution < -0.4 is 10.6 Å². The molecule has 0 atom stereocenters. The molecule has 0 saturated carbocycles. The molecular formula is C23H22N2O3. The van der Waals surface area contributed by atoms with Crippen molar-refractivity contribution >= 4 is 35.0 Å². The van der Waals surface area contributed by atoms with Crippen LogP contribution in [0.2, 0.25) is 0 Å². The van der Waals surface area contributed by atoms with Gasteiger partial charge in [0.2, 0.25) is 0 Å². The molecule has 5 nitrogen and oxygen atoms in total. The van der Waals surface area contributed by atoms with Crippen molar-refractivity contribution in [3.05, 3.63) is 90.0 Å². The van der Waals surface area contributed by atoms with Crippen molar-refractivity contribution in [2.45, 2.75) is 13.8 Å². The lowest BCUT2D eigenvalue weighted by Gasteiger charge is -2.06. The minimum absolute atomic E-state index is 0.206. The summed E-state index contributed by atoms with van der Waals surface area (Å²) in [4.78, 5) is 35.9. The van der Waals surface area contributed by atoms with Gasteiger partial charge in [0, 0.05) is 28.1 Å². The minimum Gasteiger partial charge on any atom is -0.322 e. The van der Waals surface area contributed by atoms with E-state index in [2.05, 4.69) is 23.8 Å². The molecule has 0 aliphatic carbocycles. The third kappa shape index (κ3) is 5.92. The van der Waals surface area contributed by atoms with Crippen LogP contribution in [0.25, 0.3) is 6.08 Å². The van der Waals surface area contributed by atoms with Gasteiger partial charge in [-0.2, -0.15) is 0 Å². The SMILES string of the molecule is C=C(C)C(=O)Nc1cccc(/C=C/C(=O)c2cccc(NC(=O)C(=C)C)c2)c1. The molecule has 0 aliphatic heterocycles. The summed E-state index contributed by atoms with van der Waals surface area (Å²) in [6.07, 6.45) is 3.11. The first-order valence-corrected chi connectivity index (χ1v) is 8.62. The Kier molecular flexibility index (Phi) is 6.82. The Labute approximate surface area is 164 Å². The van der Waals surface area contributed by atoms with Gasteiger partial charge >= 0.3 is 0 Å². The lowest BCUT2D eigenvalue weighted by Crippen LogP contribution is -2.12. The van der Waals surface area contributed by atoms with Crippen LogP contribution in [-0.4, -0.2) is 17.6 Å². The highest BCUT2D eigenvalue weighted by molar-refractivity contribution is 6.08. The quantitative estimate of drug-likeness (QED) is 0.549. The van der Waals surface area contributed by atoms with Gasteiger partial charge in [-0.15, -0.1) is 0 Å². The van der Waals surface area contributed by atoms with Gasteiger partial charge in [0.25, 0.3) is 11.8 Å². The summed E-state index contributed by atoms with van der Waals surface area (Å²) in [5.74, 6) is -0.762. The van der Waals surface area contributed by atoms with Gasteiger partial charge in [-0.25, -0.2) is 0 Å². The smallest absolute Gasteiger partial charge is 0.250 e. The Hall–Kier alpha value is -3.73. The van der Waals surface area contributed by atoms with E-state index in [0.717, 1.165) is 5.56 Å². The molecule has 0 fully saturated rings. The van der Waals surface area contributed by atoms with E-state index in [1.807, 2.05) is 6.07 Å². The topological polar surface area (TPSA) is 75.3 Å². The molecule has 0 heterocycles. The van der Waals surface area contributed by atoms with E-state index in [1.54, 1.807) is 62.4 Å². The van der Waals surface area contributed by atoms with E-state index >= 15 is 0 Å². The zero-order chi connectivity index (χ0) is 20.7. The monoisotopic (exact) mass is 374 g/mol. The van der Waals surface area contributed by atoms with E-state index < -0.39 is 0 Å². The number of amides is 2. The molecule has 2 N–H and O–H groups in total. The number of anilines is 2. The Balaban J connectivity index is 2.11. The highest BCUT2D eigenvalue weighted by Gasteiger charge is 2.07. The van der Waals surface area contributed by atoms with Crippen molar-refractivity contribution in [2.75, 3.05) is 10.6 Å². The number of carbonyl (C=O) groups excluding carboxylic acids is 3. The van der Waals surface area contributed by atoms with E-state index in [4.69, 9.17) is 0 Å². The normalized spacial score (nSPS) is 10.4. The van der Waals surface area contributed by atoms with Crippen LogP contribution in [0.1, 0.15) is 29.8 Å². The number of rotatable bonds is 7. The van der Waals surface area contributed by atoms with E-state index in [-0.39, 0.29) is 17.6 Å². The molecule has 0 radical (unpaired) electrons. The standard InChI is InChI=1S/C23H22N2O3/c1-15(2)22(27)24-19-9-5-7-17(13-19)11-12-21(26)18-8-6-10-20(14-18)25-23(28)16(3)4/h5-14H,1,3H2,2,4H3,(H,24,27)(H,25,28)/b12-11+. The van der Waals surface area contributed by atoms with E-state index in [1.165, 1.54) is 6.08 Å². The Morgan fingerprint density at radius 3 is 1.93 bits per heavy atom. The molecule has 0 spiro atoms. The summed E-state index contributed by atoms with van der Waals surface area (Å²) in [6, 6.07) is 13.8. The molecule has 0 bridgehead atoms. The van der Waals surface area contributed by atoms with Crippen LogP contribution in [-0.2, 0) is 9.59 Å². The lowest BCUT2D eigenvalue weighted by atomic mass is 10.1. The predicted octanol–water partition coefficient (Wildman–Crippen LogP) is 4.61. The Morgan fingerprint density at radius 1 is 0.821 bits per heavy atom. The zero-order valence-electron chi connectivity index (χ0n) is 15.9. The fourth-order valence-electron chi connectivity index (χ4n) is 2.21. The van der Waals surface area contributed by atoms with Crippen molar-refractivity contribution in [1.82, 2.24) is 0 Å². The summed E-state index contributed by atoms with van der Waals surface area (Å²) < 4.78 is 0. The lowest BCUT2D eigenvalue weighted by molar-refractivity contribution is -0.113. The fourth-order valence-corrected chi connectivity index (χ4v) is 2.21. The second kappa shape index (κ2) is 9.28. The van der Waals surface area contributed by atoms with Gasteiger partial charge in [-0.05, 0) is 49.8 Å². The molecular weight excluding hydrogens is 352 g/mol. The molecule has 0 saturated heterocycles. The van der Waals surface area contributed by atoms with Crippen LogP contribution in [0.3, 0.4) is 0 Å². The number of carbonyl (C=O) groups is 3. The molecule has 2 aromatic rings. The average Bonchev–Trinajstić information content (AvgIpc) is 2.66.